The van der Waals surface area contributed by atoms with Gasteiger partial charge in [0.15, 0.2) is 5.69 Å². The third kappa shape index (κ3) is 5.57. The molecule has 9 nitrogen and oxygen atoms in total. The van der Waals surface area contributed by atoms with Gasteiger partial charge in [-0.15, -0.1) is 0 Å². The summed E-state index contributed by atoms with van der Waals surface area (Å²) in [6, 6.07) is 7.73. The Morgan fingerprint density at radius 2 is 1.76 bits per heavy atom. The van der Waals surface area contributed by atoms with Crippen LogP contribution in [-0.4, -0.2) is 33.2 Å². The van der Waals surface area contributed by atoms with Gasteiger partial charge in [0.05, 0.1) is 11.3 Å². The van der Waals surface area contributed by atoms with Gasteiger partial charge in [0.2, 0.25) is 5.91 Å². The van der Waals surface area contributed by atoms with Crippen molar-refractivity contribution in [2.75, 3.05) is 10.6 Å². The van der Waals surface area contributed by atoms with Crippen LogP contribution in [0.25, 0.3) is 0 Å². The molecule has 0 aliphatic heterocycles. The van der Waals surface area contributed by atoms with Crippen LogP contribution in [0.4, 0.5) is 24.5 Å². The van der Waals surface area contributed by atoms with Crippen LogP contribution in [0.1, 0.15) is 63.0 Å². The summed E-state index contributed by atoms with van der Waals surface area (Å²) in [6.45, 7) is 0. The van der Waals surface area contributed by atoms with Crippen molar-refractivity contribution in [1.29, 1.82) is 0 Å². The lowest BCUT2D eigenvalue weighted by Crippen LogP contribution is -2.46. The highest BCUT2D eigenvalue weighted by molar-refractivity contribution is 7.09. The Hall–Kier alpha value is -4.13. The van der Waals surface area contributed by atoms with E-state index in [9.17, 15) is 32.7 Å². The SMILES string of the molecule is NC(=O)c1nsc(C(=O)N(c2cccc(C(F)(F)F)c2)[C@@H](C(=O)NC2CCCC2)c2ccc(O)cc2)c1N. The number of nitrogens with zero attached hydrogens (tertiary/aromatic N) is 2. The minimum atomic E-state index is -4.73. The molecule has 3 aromatic rings. The molecule has 1 atom stereocenters. The maximum absolute atomic E-state index is 13.9. The van der Waals surface area contributed by atoms with Gasteiger partial charge < -0.3 is 21.9 Å². The number of hydrogen-bond acceptors (Lipinski definition) is 7. The van der Waals surface area contributed by atoms with Crippen LogP contribution in [0.2, 0.25) is 0 Å². The van der Waals surface area contributed by atoms with E-state index >= 15 is 0 Å². The molecule has 4 rings (SSSR count). The van der Waals surface area contributed by atoms with Gasteiger partial charge in [0.1, 0.15) is 16.7 Å². The summed E-state index contributed by atoms with van der Waals surface area (Å²) in [5.74, 6) is -2.69. The summed E-state index contributed by atoms with van der Waals surface area (Å²) in [5.41, 5.74) is 9.49. The molecule has 1 aliphatic carbocycles. The fourth-order valence-corrected chi connectivity index (χ4v) is 5.12. The van der Waals surface area contributed by atoms with Crippen LogP contribution in [0.5, 0.6) is 5.75 Å². The van der Waals surface area contributed by atoms with Gasteiger partial charge in [-0.1, -0.05) is 31.0 Å². The minimum Gasteiger partial charge on any atom is -0.508 e. The van der Waals surface area contributed by atoms with E-state index in [4.69, 9.17) is 11.5 Å². The Morgan fingerprint density at radius 3 is 2.34 bits per heavy atom. The van der Waals surface area contributed by atoms with Crippen molar-refractivity contribution in [3.8, 4) is 5.75 Å². The number of nitrogens with one attached hydrogen (secondary N) is 1. The molecule has 1 fully saturated rings. The Morgan fingerprint density at radius 1 is 1.11 bits per heavy atom. The number of benzene rings is 2. The third-order valence-corrected chi connectivity index (χ3v) is 7.09. The molecule has 1 heterocycles. The van der Waals surface area contributed by atoms with E-state index in [-0.39, 0.29) is 39.3 Å². The molecule has 0 spiro atoms. The predicted octanol–water partition coefficient (Wildman–Crippen LogP) is 4.00. The highest BCUT2D eigenvalue weighted by Gasteiger charge is 2.38. The zero-order valence-corrected chi connectivity index (χ0v) is 20.7. The van der Waals surface area contributed by atoms with Crippen molar-refractivity contribution in [2.45, 2.75) is 43.9 Å². The number of anilines is 2. The number of nitrogen functional groups attached to an aromatic ring is 1. The number of nitrogens with two attached hydrogens (primary N) is 2. The molecule has 38 heavy (non-hydrogen) atoms. The van der Waals surface area contributed by atoms with Crippen LogP contribution in [0.3, 0.4) is 0 Å². The molecule has 1 aromatic heterocycles. The number of alkyl halides is 3. The quantitative estimate of drug-likeness (QED) is 0.351. The standard InChI is InChI=1S/C25H24F3N5O4S/c26-25(27,28)14-4-3-7-16(12-14)33(24(37)21-18(29)19(22(30)35)32-38-21)20(13-8-10-17(34)11-9-13)23(36)31-15-5-1-2-6-15/h3-4,7-12,15,20,34H,1-2,5-6,29H2,(H2,30,35)(H,31,36)/t20-/m1/s1. The summed E-state index contributed by atoms with van der Waals surface area (Å²) in [7, 11) is 0. The van der Waals surface area contributed by atoms with Gasteiger partial charge >= 0.3 is 6.18 Å². The van der Waals surface area contributed by atoms with Crippen LogP contribution in [0, 0.1) is 0 Å². The van der Waals surface area contributed by atoms with Crippen molar-refractivity contribution in [1.82, 2.24) is 9.69 Å². The Labute approximate surface area is 219 Å². The van der Waals surface area contributed by atoms with Gasteiger partial charge in [-0.3, -0.25) is 19.3 Å². The number of phenols is 1. The molecule has 3 amide bonds. The topological polar surface area (TPSA) is 152 Å². The number of primary amides is 1. The Kier molecular flexibility index (Phi) is 7.58. The minimum absolute atomic E-state index is 0.113. The number of aromatic hydroxyl groups is 1. The summed E-state index contributed by atoms with van der Waals surface area (Å²) >= 11 is 0.544. The Bertz CT molecular complexity index is 1350. The second kappa shape index (κ2) is 10.7. The lowest BCUT2D eigenvalue weighted by atomic mass is 10.0. The number of phenolic OH excluding ortho intramolecular Hbond substituents is 1. The largest absolute Gasteiger partial charge is 0.508 e. The van der Waals surface area contributed by atoms with Gasteiger partial charge in [-0.25, -0.2) is 0 Å². The first-order chi connectivity index (χ1) is 18.0. The van der Waals surface area contributed by atoms with Crippen LogP contribution in [0.15, 0.2) is 48.5 Å². The molecule has 2 aromatic carbocycles. The van der Waals surface area contributed by atoms with Crippen molar-refractivity contribution in [3.63, 3.8) is 0 Å². The first-order valence-electron chi connectivity index (χ1n) is 11.6. The second-order valence-corrected chi connectivity index (χ2v) is 9.62. The molecule has 0 unspecified atom stereocenters. The fourth-order valence-electron chi connectivity index (χ4n) is 4.38. The van der Waals surface area contributed by atoms with E-state index in [2.05, 4.69) is 9.69 Å². The molecule has 6 N–H and O–H groups in total. The van der Waals surface area contributed by atoms with E-state index in [1.54, 1.807) is 0 Å². The number of halogens is 3. The van der Waals surface area contributed by atoms with Gasteiger partial charge in [0.25, 0.3) is 11.8 Å². The zero-order valence-electron chi connectivity index (χ0n) is 19.9. The van der Waals surface area contributed by atoms with E-state index in [1.165, 1.54) is 30.3 Å². The lowest BCUT2D eigenvalue weighted by Gasteiger charge is -2.32. The van der Waals surface area contributed by atoms with E-state index in [1.807, 2.05) is 0 Å². The number of amides is 3. The molecular formula is C25H24F3N5O4S. The molecule has 0 bridgehead atoms. The van der Waals surface area contributed by atoms with E-state index in [0.29, 0.717) is 11.5 Å². The average Bonchev–Trinajstić information content (AvgIpc) is 3.52. The maximum atomic E-state index is 13.9. The number of carbonyl (C=O) groups is 3. The van der Waals surface area contributed by atoms with E-state index < -0.39 is 35.5 Å². The number of hydrogen-bond donors (Lipinski definition) is 4. The van der Waals surface area contributed by atoms with Crippen molar-refractivity contribution in [2.24, 2.45) is 5.73 Å². The van der Waals surface area contributed by atoms with Crippen molar-refractivity contribution < 1.29 is 32.7 Å². The first-order valence-corrected chi connectivity index (χ1v) is 12.4. The van der Waals surface area contributed by atoms with Crippen molar-refractivity contribution in [3.05, 3.63) is 70.2 Å². The fraction of sp³-hybridized carbons (Fsp3) is 0.280. The predicted molar refractivity (Wildman–Crippen MR) is 135 cm³/mol. The third-order valence-electron chi connectivity index (χ3n) is 6.24. The first kappa shape index (κ1) is 26.9. The molecular weight excluding hydrogens is 523 g/mol. The highest BCUT2D eigenvalue weighted by atomic mass is 32.1. The summed E-state index contributed by atoms with van der Waals surface area (Å²) < 4.78 is 44.7. The summed E-state index contributed by atoms with van der Waals surface area (Å²) in [4.78, 5) is 40.0. The molecule has 0 saturated heterocycles. The number of aromatic nitrogens is 1. The summed E-state index contributed by atoms with van der Waals surface area (Å²) in [5, 5.41) is 12.7. The number of rotatable bonds is 7. The normalized spacial score (nSPS) is 14.7. The van der Waals surface area contributed by atoms with Gasteiger partial charge in [0, 0.05) is 11.7 Å². The average molecular weight is 548 g/mol. The molecule has 1 aliphatic rings. The molecule has 200 valence electrons. The van der Waals surface area contributed by atoms with E-state index in [0.717, 1.165) is 48.8 Å². The van der Waals surface area contributed by atoms with Crippen molar-refractivity contribution >= 4 is 40.6 Å². The van der Waals surface area contributed by atoms with Crippen LogP contribution >= 0.6 is 11.5 Å². The Balaban J connectivity index is 1.90. The smallest absolute Gasteiger partial charge is 0.416 e. The number of carbonyl (C=O) groups excluding carboxylic acids is 3. The summed E-state index contributed by atoms with van der Waals surface area (Å²) in [6.07, 6.45) is -1.49. The second-order valence-electron chi connectivity index (χ2n) is 8.85. The molecule has 13 heteroatoms. The zero-order chi connectivity index (χ0) is 27.6. The monoisotopic (exact) mass is 547 g/mol. The maximum Gasteiger partial charge on any atom is 0.416 e. The highest BCUT2D eigenvalue weighted by Crippen LogP contribution is 2.37. The van der Waals surface area contributed by atoms with Crippen LogP contribution < -0.4 is 21.7 Å². The van der Waals surface area contributed by atoms with Crippen LogP contribution in [-0.2, 0) is 11.0 Å². The van der Waals surface area contributed by atoms with Gasteiger partial charge in [-0.2, -0.15) is 17.5 Å². The lowest BCUT2D eigenvalue weighted by molar-refractivity contribution is -0.137. The van der Waals surface area contributed by atoms with Gasteiger partial charge in [-0.05, 0) is 60.3 Å². The molecule has 0 radical (unpaired) electrons. The molecule has 1 saturated carbocycles.